The molecule has 0 heterocycles. The summed E-state index contributed by atoms with van der Waals surface area (Å²) in [6.45, 7) is 4.36. The molecule has 0 spiro atoms. The Balaban J connectivity index is 1.75. The number of nitrogens with one attached hydrogen (secondary N) is 1. The fourth-order valence-electron chi connectivity index (χ4n) is 4.72. The van der Waals surface area contributed by atoms with Crippen molar-refractivity contribution < 1.29 is 16.8 Å². The first kappa shape index (κ1) is 28.0. The van der Waals surface area contributed by atoms with Crippen LogP contribution in [0.25, 0.3) is 0 Å². The predicted octanol–water partition coefficient (Wildman–Crippen LogP) is 5.28. The number of allylic oxidation sites excluding steroid dienone is 2. The molecule has 1 radical (unpaired) electrons. The summed E-state index contributed by atoms with van der Waals surface area (Å²) < 4.78 is 58.1. The first-order valence-electron chi connectivity index (χ1n) is 12.5. The second kappa shape index (κ2) is 11.4. The molecule has 199 valence electrons. The molecule has 0 saturated heterocycles. The highest BCUT2D eigenvalue weighted by atomic mass is 32.2. The van der Waals surface area contributed by atoms with Gasteiger partial charge in [0.15, 0.2) is 0 Å². The lowest BCUT2D eigenvalue weighted by atomic mass is 9.93. The molecule has 1 aliphatic rings. The normalized spacial score (nSPS) is 15.3. The van der Waals surface area contributed by atoms with Gasteiger partial charge in [-0.2, -0.15) is 4.31 Å². The monoisotopic (exact) mass is 549 g/mol. The average Bonchev–Trinajstić information content (AvgIpc) is 2.93. The molecule has 0 atom stereocenters. The molecular formula is C30H33N2O4S2. The molecule has 0 aliphatic heterocycles. The lowest BCUT2D eigenvalue weighted by Gasteiger charge is -2.35. The van der Waals surface area contributed by atoms with Gasteiger partial charge in [-0.25, -0.2) is 21.6 Å². The molecule has 0 fully saturated rings. The fourth-order valence-corrected chi connectivity index (χ4v) is 7.86. The molecule has 1 N–H and O–H groups in total. The van der Waals surface area contributed by atoms with Gasteiger partial charge in [0.2, 0.25) is 20.0 Å². The van der Waals surface area contributed by atoms with Crippen molar-refractivity contribution in [2.45, 2.75) is 42.5 Å². The summed E-state index contributed by atoms with van der Waals surface area (Å²) in [7, 11) is -6.65. The highest BCUT2D eigenvalue weighted by molar-refractivity contribution is 7.91. The molecule has 4 rings (SSSR count). The number of hydrogen-bond acceptors (Lipinski definition) is 4. The second-order valence-corrected chi connectivity index (χ2v) is 13.6. The van der Waals surface area contributed by atoms with Gasteiger partial charge in [0.1, 0.15) is 4.75 Å². The summed E-state index contributed by atoms with van der Waals surface area (Å²) in [5.41, 5.74) is 2.93. The minimum absolute atomic E-state index is 0.0742. The third-order valence-electron chi connectivity index (χ3n) is 6.72. The van der Waals surface area contributed by atoms with Crippen molar-refractivity contribution >= 4 is 20.0 Å². The van der Waals surface area contributed by atoms with Crippen LogP contribution in [0.5, 0.6) is 0 Å². The zero-order valence-electron chi connectivity index (χ0n) is 21.8. The largest absolute Gasteiger partial charge is 0.241 e. The highest BCUT2D eigenvalue weighted by Crippen LogP contribution is 2.41. The van der Waals surface area contributed by atoms with Crippen LogP contribution in [0.3, 0.4) is 0 Å². The van der Waals surface area contributed by atoms with E-state index in [0.29, 0.717) is 0 Å². The van der Waals surface area contributed by atoms with Crippen molar-refractivity contribution in [2.24, 2.45) is 0 Å². The second-order valence-electron chi connectivity index (χ2n) is 9.62. The topological polar surface area (TPSA) is 83.5 Å². The van der Waals surface area contributed by atoms with E-state index < -0.39 is 24.8 Å². The van der Waals surface area contributed by atoms with Crippen LogP contribution in [0.4, 0.5) is 0 Å². The zero-order valence-corrected chi connectivity index (χ0v) is 23.4. The van der Waals surface area contributed by atoms with Crippen LogP contribution in [0.1, 0.15) is 42.0 Å². The van der Waals surface area contributed by atoms with Gasteiger partial charge in [0.25, 0.3) is 0 Å². The summed E-state index contributed by atoms with van der Waals surface area (Å²) in [6, 6.07) is 23.3. The predicted molar refractivity (Wildman–Crippen MR) is 152 cm³/mol. The quantitative estimate of drug-likeness (QED) is 0.373. The number of hydrogen-bond donors (Lipinski definition) is 1. The van der Waals surface area contributed by atoms with Crippen molar-refractivity contribution in [3.05, 3.63) is 132 Å². The molecule has 3 aromatic rings. The Hall–Kier alpha value is -3.04. The Morgan fingerprint density at radius 3 is 2.11 bits per heavy atom. The first-order valence-corrected chi connectivity index (χ1v) is 15.4. The van der Waals surface area contributed by atoms with Crippen LogP contribution in [-0.2, 0) is 37.9 Å². The summed E-state index contributed by atoms with van der Waals surface area (Å²) in [6.07, 6.45) is 8.11. The number of rotatable bonds is 10. The van der Waals surface area contributed by atoms with Crippen molar-refractivity contribution in [3.8, 4) is 0 Å². The first-order chi connectivity index (χ1) is 18.1. The van der Waals surface area contributed by atoms with E-state index in [2.05, 4.69) is 18.6 Å². The molecule has 6 nitrogen and oxygen atoms in total. The van der Waals surface area contributed by atoms with E-state index in [0.717, 1.165) is 16.7 Å². The molecule has 1 aliphatic carbocycles. The Morgan fingerprint density at radius 2 is 1.42 bits per heavy atom. The Kier molecular flexibility index (Phi) is 8.37. The summed E-state index contributed by atoms with van der Waals surface area (Å²) >= 11 is 0. The fraction of sp³-hybridized carbons (Fsp3) is 0.233. The molecular weight excluding hydrogens is 516 g/mol. The standard InChI is InChI=1S/C30H33N2O4S2/c1-24(2)27-17-9-8-16-26(27)22-31-37(33,34)29-19-11-10-18-28(29)30(20-12-5-13-21-30)38(35,36)32(3)23-25-14-6-4-7-15-25/h4-21,24,31H,22-23H2,1-3H3. The van der Waals surface area contributed by atoms with E-state index in [9.17, 15) is 16.8 Å². The van der Waals surface area contributed by atoms with E-state index in [-0.39, 0.29) is 29.5 Å². The maximum Gasteiger partial charge on any atom is 0.241 e. The van der Waals surface area contributed by atoms with Gasteiger partial charge in [-0.15, -0.1) is 0 Å². The SMILES string of the molecule is CC(C)c1ccccc1CNS(=O)(=O)c1ccccc1C1(S(=O)(=O)N(C)Cc2ccccc2)C=C[CH]C=C1. The minimum atomic E-state index is -4.10. The Morgan fingerprint density at radius 1 is 0.816 bits per heavy atom. The molecule has 0 bridgehead atoms. The van der Waals surface area contributed by atoms with Gasteiger partial charge in [-0.05, 0) is 28.7 Å². The maximum atomic E-state index is 14.2. The molecule has 0 aromatic heterocycles. The van der Waals surface area contributed by atoms with E-state index >= 15 is 0 Å². The van der Waals surface area contributed by atoms with Crippen molar-refractivity contribution in [1.82, 2.24) is 9.03 Å². The summed E-state index contributed by atoms with van der Waals surface area (Å²) in [5, 5.41) is 0. The Bertz CT molecular complexity index is 1530. The summed E-state index contributed by atoms with van der Waals surface area (Å²) in [5.74, 6) is 0.227. The van der Waals surface area contributed by atoms with Crippen LogP contribution in [0.2, 0.25) is 0 Å². The Labute approximate surface area is 226 Å². The van der Waals surface area contributed by atoms with Crippen molar-refractivity contribution in [2.75, 3.05) is 7.05 Å². The number of benzene rings is 3. The summed E-state index contributed by atoms with van der Waals surface area (Å²) in [4.78, 5) is -0.0742. The van der Waals surface area contributed by atoms with E-state index in [1.165, 1.54) is 17.4 Å². The number of nitrogens with zero attached hydrogens (tertiary/aromatic N) is 1. The maximum absolute atomic E-state index is 14.2. The molecule has 8 heteroatoms. The van der Waals surface area contributed by atoms with Crippen LogP contribution < -0.4 is 4.72 Å². The minimum Gasteiger partial charge on any atom is -0.211 e. The molecule has 38 heavy (non-hydrogen) atoms. The average molecular weight is 550 g/mol. The molecule has 0 saturated carbocycles. The molecule has 3 aromatic carbocycles. The third-order valence-corrected chi connectivity index (χ3v) is 10.5. The third kappa shape index (κ3) is 5.54. The zero-order chi connectivity index (χ0) is 27.4. The van der Waals surface area contributed by atoms with Crippen LogP contribution in [0, 0.1) is 6.42 Å². The van der Waals surface area contributed by atoms with Gasteiger partial charge in [0, 0.05) is 32.1 Å². The van der Waals surface area contributed by atoms with Gasteiger partial charge in [0.05, 0.1) is 4.90 Å². The lowest BCUT2D eigenvalue weighted by Crippen LogP contribution is -2.44. The lowest BCUT2D eigenvalue weighted by molar-refractivity contribution is 0.451. The molecule has 0 amide bonds. The van der Waals surface area contributed by atoms with Gasteiger partial charge in [-0.1, -0.05) is 111 Å². The van der Waals surface area contributed by atoms with Crippen LogP contribution >= 0.6 is 0 Å². The van der Waals surface area contributed by atoms with Crippen LogP contribution in [0.15, 0.2) is 108 Å². The van der Waals surface area contributed by atoms with Gasteiger partial charge < -0.3 is 0 Å². The van der Waals surface area contributed by atoms with E-state index in [1.54, 1.807) is 48.9 Å². The van der Waals surface area contributed by atoms with Gasteiger partial charge in [-0.3, -0.25) is 0 Å². The van der Waals surface area contributed by atoms with Crippen molar-refractivity contribution in [3.63, 3.8) is 0 Å². The van der Waals surface area contributed by atoms with Gasteiger partial charge >= 0.3 is 0 Å². The van der Waals surface area contributed by atoms with Crippen molar-refractivity contribution in [1.29, 1.82) is 0 Å². The van der Waals surface area contributed by atoms with E-state index in [4.69, 9.17) is 0 Å². The molecule has 0 unspecified atom stereocenters. The highest BCUT2D eigenvalue weighted by Gasteiger charge is 2.47. The van der Waals surface area contributed by atoms with Crippen LogP contribution in [-0.4, -0.2) is 28.2 Å². The van der Waals surface area contributed by atoms with E-state index in [1.807, 2.05) is 54.6 Å². The number of sulfonamides is 2. The smallest absolute Gasteiger partial charge is 0.211 e.